The Kier molecular flexibility index (Phi) is 5.26. The van der Waals surface area contributed by atoms with E-state index in [1.54, 1.807) is 11.8 Å². The predicted octanol–water partition coefficient (Wildman–Crippen LogP) is 2.26. The number of ether oxygens (including phenoxy) is 1. The van der Waals surface area contributed by atoms with Crippen LogP contribution < -0.4 is 11.1 Å². The first-order valence-electron chi connectivity index (χ1n) is 8.08. The van der Waals surface area contributed by atoms with Crippen molar-refractivity contribution in [1.82, 2.24) is 14.9 Å². The zero-order valence-corrected chi connectivity index (χ0v) is 14.7. The first-order chi connectivity index (χ1) is 11.2. The Morgan fingerprint density at radius 1 is 1.38 bits per heavy atom. The first-order valence-corrected chi connectivity index (χ1v) is 8.08. The smallest absolute Gasteiger partial charge is 0.410 e. The Labute approximate surface area is 142 Å². The highest BCUT2D eigenvalue weighted by atomic mass is 16.6. The fourth-order valence-electron chi connectivity index (χ4n) is 2.60. The number of nitrogens with one attached hydrogen (secondary N) is 2. The van der Waals surface area contributed by atoms with Crippen molar-refractivity contribution in [2.24, 2.45) is 0 Å². The summed E-state index contributed by atoms with van der Waals surface area (Å²) < 4.78 is 5.40. The zero-order chi connectivity index (χ0) is 17.9. The number of hydrogen-bond donors (Lipinski definition) is 3. The van der Waals surface area contributed by atoms with E-state index in [0.717, 1.165) is 12.8 Å². The Hall–Kier alpha value is -2.38. The van der Waals surface area contributed by atoms with Gasteiger partial charge in [-0.1, -0.05) is 0 Å². The van der Waals surface area contributed by atoms with E-state index in [4.69, 9.17) is 15.9 Å². The van der Waals surface area contributed by atoms with E-state index in [-0.39, 0.29) is 12.1 Å². The van der Waals surface area contributed by atoms with Crippen molar-refractivity contribution in [3.63, 3.8) is 0 Å². The summed E-state index contributed by atoms with van der Waals surface area (Å²) in [5.74, 6) is 0.872. The Balaban J connectivity index is 1.96. The second kappa shape index (κ2) is 7.02. The normalized spacial score (nSPS) is 15.9. The average molecular weight is 334 g/mol. The standard InChI is InChI=1S/C16H26N6O2/c1-10(17)12-13(18)19-9-20-14(12)21-11-5-7-22(8-6-11)15(23)24-16(2,3)4/h9,11,17H,5-8H2,1-4H3,(H3,18,19,20,21). The number of rotatable bonds is 3. The van der Waals surface area contributed by atoms with Gasteiger partial charge in [0.25, 0.3) is 0 Å². The third-order valence-electron chi connectivity index (χ3n) is 3.74. The van der Waals surface area contributed by atoms with E-state index in [1.807, 2.05) is 20.8 Å². The molecule has 132 valence electrons. The van der Waals surface area contributed by atoms with Gasteiger partial charge in [0.2, 0.25) is 0 Å². The van der Waals surface area contributed by atoms with Crippen molar-refractivity contribution >= 4 is 23.4 Å². The van der Waals surface area contributed by atoms with Crippen molar-refractivity contribution in [3.8, 4) is 0 Å². The van der Waals surface area contributed by atoms with E-state index in [2.05, 4.69) is 15.3 Å². The van der Waals surface area contributed by atoms with Gasteiger partial charge in [0, 0.05) is 24.8 Å². The largest absolute Gasteiger partial charge is 0.444 e. The van der Waals surface area contributed by atoms with Crippen LogP contribution in [0.2, 0.25) is 0 Å². The number of piperidine rings is 1. The maximum Gasteiger partial charge on any atom is 0.410 e. The molecule has 1 aromatic rings. The lowest BCUT2D eigenvalue weighted by molar-refractivity contribution is 0.0210. The van der Waals surface area contributed by atoms with Gasteiger partial charge in [-0.05, 0) is 40.5 Å². The van der Waals surface area contributed by atoms with Crippen molar-refractivity contribution < 1.29 is 9.53 Å². The molecule has 4 N–H and O–H groups in total. The first kappa shape index (κ1) is 18.0. The number of aromatic nitrogens is 2. The summed E-state index contributed by atoms with van der Waals surface area (Å²) in [6, 6.07) is 0.163. The number of hydrogen-bond acceptors (Lipinski definition) is 7. The molecule has 1 amide bonds. The average Bonchev–Trinajstić information content (AvgIpc) is 2.45. The van der Waals surface area contributed by atoms with Gasteiger partial charge in [-0.2, -0.15) is 0 Å². The number of nitrogen functional groups attached to an aromatic ring is 1. The summed E-state index contributed by atoms with van der Waals surface area (Å²) in [5.41, 5.74) is 6.22. The van der Waals surface area contributed by atoms with Gasteiger partial charge in [0.1, 0.15) is 23.6 Å². The summed E-state index contributed by atoms with van der Waals surface area (Å²) >= 11 is 0. The van der Waals surface area contributed by atoms with Gasteiger partial charge in [-0.3, -0.25) is 0 Å². The molecule has 8 nitrogen and oxygen atoms in total. The van der Waals surface area contributed by atoms with E-state index in [0.29, 0.717) is 36.0 Å². The summed E-state index contributed by atoms with van der Waals surface area (Å²) in [6.45, 7) is 8.48. The van der Waals surface area contributed by atoms with Gasteiger partial charge in [0.15, 0.2) is 0 Å². The summed E-state index contributed by atoms with van der Waals surface area (Å²) in [5, 5.41) is 11.2. The van der Waals surface area contributed by atoms with Crippen LogP contribution in [-0.4, -0.2) is 51.4 Å². The number of nitrogens with zero attached hydrogens (tertiary/aromatic N) is 3. The summed E-state index contributed by atoms with van der Waals surface area (Å²) in [7, 11) is 0. The SMILES string of the molecule is CC(=N)c1c(N)ncnc1NC1CCN(C(=O)OC(C)(C)C)CC1. The lowest BCUT2D eigenvalue weighted by Gasteiger charge is -2.34. The van der Waals surface area contributed by atoms with Crippen molar-refractivity contribution in [2.75, 3.05) is 24.1 Å². The molecule has 1 aliphatic heterocycles. The van der Waals surface area contributed by atoms with E-state index >= 15 is 0 Å². The fourth-order valence-corrected chi connectivity index (χ4v) is 2.60. The molecule has 2 rings (SSSR count). The molecule has 0 aromatic carbocycles. The van der Waals surface area contributed by atoms with Crippen molar-refractivity contribution in [2.45, 2.75) is 52.2 Å². The van der Waals surface area contributed by atoms with Crippen LogP contribution in [0.3, 0.4) is 0 Å². The molecular weight excluding hydrogens is 308 g/mol. The van der Waals surface area contributed by atoms with E-state index in [1.165, 1.54) is 6.33 Å². The summed E-state index contributed by atoms with van der Waals surface area (Å²) in [4.78, 5) is 22.0. The molecule has 1 aromatic heterocycles. The molecule has 1 fully saturated rings. The number of carbonyl (C=O) groups excluding carboxylic acids is 1. The molecule has 0 saturated carbocycles. The molecule has 2 heterocycles. The maximum atomic E-state index is 12.1. The molecular formula is C16H26N6O2. The zero-order valence-electron chi connectivity index (χ0n) is 14.7. The molecule has 0 radical (unpaired) electrons. The molecule has 1 saturated heterocycles. The molecule has 0 spiro atoms. The molecule has 0 bridgehead atoms. The molecule has 0 atom stereocenters. The van der Waals surface area contributed by atoms with Crippen LogP contribution in [0.25, 0.3) is 0 Å². The Morgan fingerprint density at radius 2 is 2.00 bits per heavy atom. The van der Waals surface area contributed by atoms with Gasteiger partial charge in [-0.15, -0.1) is 0 Å². The van der Waals surface area contributed by atoms with Crippen LogP contribution in [0.5, 0.6) is 0 Å². The second-order valence-corrected chi connectivity index (χ2v) is 6.99. The number of anilines is 2. The monoisotopic (exact) mass is 334 g/mol. The summed E-state index contributed by atoms with van der Waals surface area (Å²) in [6.07, 6.45) is 2.67. The lowest BCUT2D eigenvalue weighted by atomic mass is 10.0. The van der Waals surface area contributed by atoms with Crippen LogP contribution in [0.4, 0.5) is 16.4 Å². The fraction of sp³-hybridized carbons (Fsp3) is 0.625. The molecule has 24 heavy (non-hydrogen) atoms. The molecule has 0 unspecified atom stereocenters. The minimum Gasteiger partial charge on any atom is -0.444 e. The number of nitrogens with two attached hydrogens (primary N) is 1. The highest BCUT2D eigenvalue weighted by Gasteiger charge is 2.27. The second-order valence-electron chi connectivity index (χ2n) is 6.99. The number of carbonyl (C=O) groups is 1. The van der Waals surface area contributed by atoms with Gasteiger partial charge >= 0.3 is 6.09 Å². The van der Waals surface area contributed by atoms with E-state index < -0.39 is 5.60 Å². The number of likely N-dealkylation sites (tertiary alicyclic amines) is 1. The maximum absolute atomic E-state index is 12.1. The van der Waals surface area contributed by atoms with Crippen LogP contribution in [-0.2, 0) is 4.74 Å². The van der Waals surface area contributed by atoms with Crippen molar-refractivity contribution in [1.29, 1.82) is 5.41 Å². The van der Waals surface area contributed by atoms with Crippen LogP contribution in [0.1, 0.15) is 46.1 Å². The van der Waals surface area contributed by atoms with E-state index in [9.17, 15) is 4.79 Å². The Bertz CT molecular complexity index is 617. The highest BCUT2D eigenvalue weighted by Crippen LogP contribution is 2.22. The van der Waals surface area contributed by atoms with Crippen LogP contribution in [0, 0.1) is 5.41 Å². The lowest BCUT2D eigenvalue weighted by Crippen LogP contribution is -2.44. The van der Waals surface area contributed by atoms with Gasteiger partial charge in [0.05, 0.1) is 5.56 Å². The van der Waals surface area contributed by atoms with Gasteiger partial charge in [-0.25, -0.2) is 14.8 Å². The highest BCUT2D eigenvalue weighted by molar-refractivity contribution is 6.04. The minimum absolute atomic E-state index is 0.163. The quantitative estimate of drug-likeness (QED) is 0.730. The topological polar surface area (TPSA) is 117 Å². The van der Waals surface area contributed by atoms with Crippen LogP contribution in [0.15, 0.2) is 6.33 Å². The Morgan fingerprint density at radius 3 is 2.54 bits per heavy atom. The van der Waals surface area contributed by atoms with Crippen LogP contribution >= 0.6 is 0 Å². The minimum atomic E-state index is -0.485. The van der Waals surface area contributed by atoms with Crippen molar-refractivity contribution in [3.05, 3.63) is 11.9 Å². The number of amides is 1. The third kappa shape index (κ3) is 4.56. The third-order valence-corrected chi connectivity index (χ3v) is 3.74. The predicted molar refractivity (Wildman–Crippen MR) is 93.4 cm³/mol. The molecule has 8 heteroatoms. The molecule has 0 aliphatic carbocycles. The van der Waals surface area contributed by atoms with Gasteiger partial charge < -0.3 is 26.1 Å². The molecule has 1 aliphatic rings.